The highest BCUT2D eigenvalue weighted by atomic mass is 19.1. The molecule has 20 heavy (non-hydrogen) atoms. The van der Waals surface area contributed by atoms with E-state index in [9.17, 15) is 9.18 Å². The summed E-state index contributed by atoms with van der Waals surface area (Å²) >= 11 is 0. The van der Waals surface area contributed by atoms with Crippen molar-refractivity contribution in [2.75, 3.05) is 33.4 Å². The fourth-order valence-corrected chi connectivity index (χ4v) is 2.18. The van der Waals surface area contributed by atoms with Gasteiger partial charge in [0.1, 0.15) is 0 Å². The summed E-state index contributed by atoms with van der Waals surface area (Å²) in [5.41, 5.74) is 7.21. The molecule has 0 spiro atoms. The van der Waals surface area contributed by atoms with Crippen LogP contribution in [-0.2, 0) is 17.7 Å². The fourth-order valence-electron chi connectivity index (χ4n) is 2.18. The van der Waals surface area contributed by atoms with Gasteiger partial charge in [-0.2, -0.15) is 5.10 Å². The van der Waals surface area contributed by atoms with Crippen LogP contribution in [0.25, 0.3) is 0 Å². The number of carbonyl (C=O) groups excluding carboxylic acids is 1. The van der Waals surface area contributed by atoms with Gasteiger partial charge in [-0.1, -0.05) is 0 Å². The first kappa shape index (κ1) is 14.7. The number of aromatic nitrogens is 2. The Bertz CT molecular complexity index is 512. The smallest absolute Gasteiger partial charge is 0.257 e. The van der Waals surface area contributed by atoms with Gasteiger partial charge in [0.25, 0.3) is 5.91 Å². The van der Waals surface area contributed by atoms with E-state index in [1.54, 1.807) is 22.9 Å². The molecule has 2 N–H and O–H groups in total. The average molecular weight is 282 g/mol. The molecule has 2 heterocycles. The predicted molar refractivity (Wildman–Crippen MR) is 72.0 cm³/mol. The molecule has 0 atom stereocenters. The van der Waals surface area contributed by atoms with Crippen LogP contribution >= 0.6 is 0 Å². The number of ether oxygens (including phenoxy) is 1. The largest absolute Gasteiger partial charge is 0.383 e. The third-order valence-corrected chi connectivity index (χ3v) is 3.32. The second kappa shape index (κ2) is 6.62. The highest BCUT2D eigenvalue weighted by molar-refractivity contribution is 5.96. The number of rotatable bonds is 6. The number of fused-ring (bicyclic) bond motifs is 1. The van der Waals surface area contributed by atoms with E-state index in [1.165, 1.54) is 0 Å². The fraction of sp³-hybridized carbons (Fsp3) is 0.538. The first-order valence-corrected chi connectivity index (χ1v) is 6.52. The molecule has 1 aliphatic heterocycles. The van der Waals surface area contributed by atoms with E-state index in [1.807, 2.05) is 0 Å². The van der Waals surface area contributed by atoms with Gasteiger partial charge in [-0.15, -0.1) is 0 Å². The van der Waals surface area contributed by atoms with E-state index in [4.69, 9.17) is 10.5 Å². The van der Waals surface area contributed by atoms with Crippen LogP contribution in [0, 0.1) is 0 Å². The Balaban J connectivity index is 2.12. The molecule has 1 aliphatic rings. The number of amides is 1. The van der Waals surface area contributed by atoms with E-state index in [0.717, 1.165) is 5.69 Å². The van der Waals surface area contributed by atoms with E-state index >= 15 is 0 Å². The van der Waals surface area contributed by atoms with Crippen molar-refractivity contribution in [3.05, 3.63) is 29.4 Å². The van der Waals surface area contributed by atoms with E-state index in [2.05, 4.69) is 5.10 Å². The van der Waals surface area contributed by atoms with Gasteiger partial charge < -0.3 is 15.4 Å². The molecule has 0 aromatic carbocycles. The zero-order valence-corrected chi connectivity index (χ0v) is 11.5. The lowest BCUT2D eigenvalue weighted by Gasteiger charge is -2.25. The van der Waals surface area contributed by atoms with Crippen molar-refractivity contribution in [2.24, 2.45) is 5.73 Å². The summed E-state index contributed by atoms with van der Waals surface area (Å²) < 4.78 is 19.1. The molecule has 2 rings (SSSR count). The lowest BCUT2D eigenvalue weighted by atomic mass is 10.1. The minimum atomic E-state index is -0.0481. The van der Waals surface area contributed by atoms with Crippen LogP contribution < -0.4 is 5.73 Å². The molecule has 1 aromatic rings. The standard InChI is InChI=1S/C13H19FN4O2/c1-20-5-4-17-3-2-12-11(13(17)19)9-18(16-12)8-10(6-14)7-15/h6,9H,2-5,7-8,15H2,1H3/b10-6+. The molecule has 0 radical (unpaired) electrons. The van der Waals surface area contributed by atoms with Crippen LogP contribution in [0.2, 0.25) is 0 Å². The number of hydrogen-bond donors (Lipinski definition) is 1. The monoisotopic (exact) mass is 282 g/mol. The molecule has 7 heteroatoms. The zero-order valence-electron chi connectivity index (χ0n) is 11.5. The van der Waals surface area contributed by atoms with E-state index in [0.29, 0.717) is 43.6 Å². The molecular formula is C13H19FN4O2. The average Bonchev–Trinajstić information content (AvgIpc) is 2.87. The molecule has 110 valence electrons. The zero-order chi connectivity index (χ0) is 14.5. The van der Waals surface area contributed by atoms with Crippen LogP contribution in [0.3, 0.4) is 0 Å². The lowest BCUT2D eigenvalue weighted by Crippen LogP contribution is -2.39. The third-order valence-electron chi connectivity index (χ3n) is 3.32. The Labute approximate surface area is 117 Å². The molecule has 1 amide bonds. The SMILES string of the molecule is COCCN1CCc2nn(C/C(=C/F)CN)cc2C1=O. The van der Waals surface area contributed by atoms with E-state index < -0.39 is 0 Å². The highest BCUT2D eigenvalue weighted by Crippen LogP contribution is 2.18. The summed E-state index contributed by atoms with van der Waals surface area (Å²) in [6.45, 7) is 2.12. The Hall–Kier alpha value is -1.73. The molecule has 1 aromatic heterocycles. The predicted octanol–water partition coefficient (Wildman–Crippen LogP) is 0.340. The summed E-state index contributed by atoms with van der Waals surface area (Å²) in [5, 5.41) is 4.33. The van der Waals surface area contributed by atoms with Crippen LogP contribution in [0.15, 0.2) is 18.1 Å². The summed E-state index contributed by atoms with van der Waals surface area (Å²) in [4.78, 5) is 14.0. The molecule has 0 aliphatic carbocycles. The second-order valence-electron chi connectivity index (χ2n) is 4.69. The van der Waals surface area contributed by atoms with Gasteiger partial charge in [-0.25, -0.2) is 4.39 Å². The Morgan fingerprint density at radius 3 is 3.10 bits per heavy atom. The maximum atomic E-state index is 12.5. The van der Waals surface area contributed by atoms with E-state index in [-0.39, 0.29) is 19.0 Å². The third kappa shape index (κ3) is 3.05. The highest BCUT2D eigenvalue weighted by Gasteiger charge is 2.27. The topological polar surface area (TPSA) is 73.4 Å². The maximum absolute atomic E-state index is 12.5. The van der Waals surface area contributed by atoms with Crippen LogP contribution in [0.4, 0.5) is 4.39 Å². The van der Waals surface area contributed by atoms with Crippen molar-refractivity contribution >= 4 is 5.91 Å². The maximum Gasteiger partial charge on any atom is 0.257 e. The molecule has 0 saturated carbocycles. The number of nitrogens with two attached hydrogens (primary N) is 1. The van der Waals surface area contributed by atoms with Gasteiger partial charge in [-0.05, 0) is 5.57 Å². The number of methoxy groups -OCH3 is 1. The quantitative estimate of drug-likeness (QED) is 0.816. The first-order valence-electron chi connectivity index (χ1n) is 6.52. The van der Waals surface area contributed by atoms with Gasteiger partial charge >= 0.3 is 0 Å². The Morgan fingerprint density at radius 2 is 2.45 bits per heavy atom. The van der Waals surface area contributed by atoms with Crippen molar-refractivity contribution in [3.8, 4) is 0 Å². The van der Waals surface area contributed by atoms with Crippen LogP contribution in [-0.4, -0.2) is 53.9 Å². The summed E-state index contributed by atoms with van der Waals surface area (Å²) in [5.74, 6) is -0.0481. The van der Waals surface area contributed by atoms with Gasteiger partial charge in [0.05, 0.1) is 30.7 Å². The number of carbonyl (C=O) groups is 1. The Morgan fingerprint density at radius 1 is 1.65 bits per heavy atom. The molecule has 0 unspecified atom stereocenters. The summed E-state index contributed by atoms with van der Waals surface area (Å²) in [7, 11) is 1.61. The van der Waals surface area contributed by atoms with Gasteiger partial charge in [-0.3, -0.25) is 9.48 Å². The van der Waals surface area contributed by atoms with Gasteiger partial charge in [0.15, 0.2) is 0 Å². The van der Waals surface area contributed by atoms with Crippen molar-refractivity contribution in [2.45, 2.75) is 13.0 Å². The number of hydrogen-bond acceptors (Lipinski definition) is 4. The summed E-state index contributed by atoms with van der Waals surface area (Å²) in [6, 6.07) is 0. The minimum absolute atomic E-state index is 0.0481. The molecule has 0 fully saturated rings. The lowest BCUT2D eigenvalue weighted by molar-refractivity contribution is 0.0678. The van der Waals surface area contributed by atoms with Gasteiger partial charge in [0, 0.05) is 39.4 Å². The molecule has 6 nitrogen and oxygen atoms in total. The molecular weight excluding hydrogens is 263 g/mol. The Kier molecular flexibility index (Phi) is 4.86. The van der Waals surface area contributed by atoms with Crippen LogP contribution in [0.5, 0.6) is 0 Å². The number of halogens is 1. The molecule has 0 saturated heterocycles. The first-order chi connectivity index (χ1) is 9.69. The normalized spacial score (nSPS) is 15.7. The second-order valence-corrected chi connectivity index (χ2v) is 4.69. The van der Waals surface area contributed by atoms with Crippen molar-refractivity contribution in [3.63, 3.8) is 0 Å². The van der Waals surface area contributed by atoms with Crippen LogP contribution in [0.1, 0.15) is 16.1 Å². The molecule has 0 bridgehead atoms. The van der Waals surface area contributed by atoms with Crippen molar-refractivity contribution in [1.82, 2.24) is 14.7 Å². The number of nitrogens with zero attached hydrogens (tertiary/aromatic N) is 3. The van der Waals surface area contributed by atoms with Crippen molar-refractivity contribution < 1.29 is 13.9 Å². The van der Waals surface area contributed by atoms with Crippen molar-refractivity contribution in [1.29, 1.82) is 0 Å². The van der Waals surface area contributed by atoms with Gasteiger partial charge in [0.2, 0.25) is 0 Å². The summed E-state index contributed by atoms with van der Waals surface area (Å²) in [6.07, 6.45) is 2.86. The minimum Gasteiger partial charge on any atom is -0.383 e.